The zero-order chi connectivity index (χ0) is 34.9. The fourth-order valence-electron chi connectivity index (χ4n) is 7.87. The number of hydrogen-bond acceptors (Lipinski definition) is 8. The van der Waals surface area contributed by atoms with Gasteiger partial charge in [0.1, 0.15) is 23.7 Å². The van der Waals surface area contributed by atoms with Crippen LogP contribution in [0.1, 0.15) is 52.2 Å². The second kappa shape index (κ2) is 14.2. The molecule has 0 saturated carbocycles. The molecular weight excluding hydrogens is 624 g/mol. The van der Waals surface area contributed by atoms with Crippen molar-refractivity contribution in [3.05, 3.63) is 84.5 Å². The van der Waals surface area contributed by atoms with Crippen LogP contribution in [0.3, 0.4) is 0 Å². The third kappa shape index (κ3) is 6.14. The lowest BCUT2D eigenvalue weighted by molar-refractivity contribution is -0.161. The van der Waals surface area contributed by atoms with E-state index in [1.165, 1.54) is 4.90 Å². The van der Waals surface area contributed by atoms with Crippen molar-refractivity contribution >= 4 is 35.1 Å². The molecule has 0 bridgehead atoms. The van der Waals surface area contributed by atoms with Gasteiger partial charge in [-0.3, -0.25) is 19.2 Å². The summed E-state index contributed by atoms with van der Waals surface area (Å²) in [7, 11) is 0. The van der Waals surface area contributed by atoms with Gasteiger partial charge in [0.25, 0.3) is 5.91 Å². The van der Waals surface area contributed by atoms with Crippen LogP contribution in [0, 0.1) is 11.8 Å². The molecule has 2 saturated heterocycles. The zero-order valence-electron chi connectivity index (χ0n) is 28.5. The van der Waals surface area contributed by atoms with E-state index in [2.05, 4.69) is 24.1 Å². The van der Waals surface area contributed by atoms with Gasteiger partial charge < -0.3 is 34.6 Å². The number of likely N-dealkylation sites (tertiary alicyclic amines) is 1. The topological polar surface area (TPSA) is 129 Å². The van der Waals surface area contributed by atoms with E-state index in [4.69, 9.17) is 9.47 Å². The third-order valence-corrected chi connectivity index (χ3v) is 10.3. The summed E-state index contributed by atoms with van der Waals surface area (Å²) in [6.45, 7) is 9.18. The predicted octanol–water partition coefficient (Wildman–Crippen LogP) is 3.54. The van der Waals surface area contributed by atoms with Crippen LogP contribution in [0.4, 0.5) is 11.4 Å². The summed E-state index contributed by atoms with van der Waals surface area (Å²) in [5, 5.41) is 13.3. The number of aliphatic hydroxyl groups is 1. The highest BCUT2D eigenvalue weighted by molar-refractivity contribution is 6.05. The number of hydrogen-bond donors (Lipinski definition) is 2. The highest BCUT2D eigenvalue weighted by atomic mass is 16.6. The molecule has 2 aromatic carbocycles. The molecule has 49 heavy (non-hydrogen) atoms. The fraction of sp³-hybridized carbons (Fsp3) is 0.474. The van der Waals surface area contributed by atoms with Crippen LogP contribution >= 0.6 is 0 Å². The number of allylic oxidation sites excluding steroid dienone is 1. The summed E-state index contributed by atoms with van der Waals surface area (Å²) in [5.74, 6) is -3.84. The van der Waals surface area contributed by atoms with Gasteiger partial charge in [0.05, 0.1) is 30.7 Å². The number of aliphatic hydroxyl groups excluding tert-OH is 1. The molecule has 3 amide bonds. The number of nitrogens with one attached hydrogen (secondary N) is 1. The van der Waals surface area contributed by atoms with E-state index in [0.717, 1.165) is 18.8 Å². The van der Waals surface area contributed by atoms with Gasteiger partial charge in [0.15, 0.2) is 0 Å². The molecule has 11 nitrogen and oxygen atoms in total. The fourth-order valence-corrected chi connectivity index (χ4v) is 7.87. The standard InChI is InChI=1S/C38H46N4O7/c1-5-40(6-2)27-17-19-28(20-18-27)41-22-12-21-38-32(35(45)42(24(3)23-43)34(38)36(41)46)31-29(49-38)15-10-11-16-30(44)39-25(4)33(48-37(31)47)26-13-8-7-9-14-26/h7-10,12-15,17-21,24-25,29,31-34,43H,5-6,11,16,22-23H2,1-4H3,(H,39,44)/b15-10-/t24-,25+,29+,31-,32-,33-,34+,38-/m1/s1. The smallest absolute Gasteiger partial charge is 0.313 e. The van der Waals surface area contributed by atoms with E-state index in [1.807, 2.05) is 60.7 Å². The molecule has 2 aromatic rings. The van der Waals surface area contributed by atoms with E-state index >= 15 is 0 Å². The van der Waals surface area contributed by atoms with Gasteiger partial charge in [-0.1, -0.05) is 54.6 Å². The number of amides is 3. The number of cyclic esters (lactones) is 1. The van der Waals surface area contributed by atoms with Crippen molar-refractivity contribution in [1.29, 1.82) is 0 Å². The van der Waals surface area contributed by atoms with Crippen molar-refractivity contribution in [2.24, 2.45) is 11.8 Å². The summed E-state index contributed by atoms with van der Waals surface area (Å²) in [6, 6.07) is 14.5. The van der Waals surface area contributed by atoms with Crippen molar-refractivity contribution in [3.8, 4) is 0 Å². The van der Waals surface area contributed by atoms with Gasteiger partial charge in [-0.25, -0.2) is 0 Å². The number of esters is 1. The van der Waals surface area contributed by atoms with Crippen LogP contribution in [-0.4, -0.2) is 89.8 Å². The summed E-state index contributed by atoms with van der Waals surface area (Å²) in [4.78, 5) is 61.8. The molecule has 0 aromatic heterocycles. The molecule has 0 aliphatic carbocycles. The number of ether oxygens (including phenoxy) is 2. The van der Waals surface area contributed by atoms with Gasteiger partial charge in [-0.2, -0.15) is 0 Å². The first-order valence-electron chi connectivity index (χ1n) is 17.3. The Kier molecular flexibility index (Phi) is 9.94. The summed E-state index contributed by atoms with van der Waals surface area (Å²) in [5.41, 5.74) is 0.887. The monoisotopic (exact) mass is 670 g/mol. The van der Waals surface area contributed by atoms with Gasteiger partial charge in [0.2, 0.25) is 11.8 Å². The molecule has 260 valence electrons. The number of rotatable bonds is 7. The largest absolute Gasteiger partial charge is 0.455 e. The average molecular weight is 671 g/mol. The van der Waals surface area contributed by atoms with Crippen LogP contribution in [0.2, 0.25) is 0 Å². The first kappa shape index (κ1) is 34.4. The Labute approximate surface area is 287 Å². The Bertz CT molecular complexity index is 1610. The molecule has 0 radical (unpaired) electrons. The van der Waals surface area contributed by atoms with Gasteiger partial charge in [0, 0.05) is 37.4 Å². The van der Waals surface area contributed by atoms with E-state index in [0.29, 0.717) is 17.7 Å². The highest BCUT2D eigenvalue weighted by Gasteiger charge is 2.72. The van der Waals surface area contributed by atoms with Crippen molar-refractivity contribution in [1.82, 2.24) is 10.2 Å². The molecule has 4 aliphatic heterocycles. The zero-order valence-corrected chi connectivity index (χ0v) is 28.5. The minimum atomic E-state index is -1.51. The molecule has 0 unspecified atom stereocenters. The lowest BCUT2D eigenvalue weighted by Gasteiger charge is -2.37. The molecule has 2 N–H and O–H groups in total. The quantitative estimate of drug-likeness (QED) is 0.338. The van der Waals surface area contributed by atoms with Gasteiger partial charge in [-0.15, -0.1) is 0 Å². The maximum Gasteiger partial charge on any atom is 0.313 e. The van der Waals surface area contributed by atoms with Crippen LogP contribution in [0.25, 0.3) is 0 Å². The average Bonchev–Trinajstić information content (AvgIpc) is 3.50. The number of carbonyl (C=O) groups is 4. The molecule has 2 fully saturated rings. The number of benzene rings is 2. The molecule has 4 aliphatic rings. The van der Waals surface area contributed by atoms with E-state index in [-0.39, 0.29) is 31.4 Å². The minimum Gasteiger partial charge on any atom is -0.455 e. The Morgan fingerprint density at radius 1 is 1.00 bits per heavy atom. The molecular formula is C38H46N4O7. The second-order valence-corrected chi connectivity index (χ2v) is 13.3. The summed E-state index contributed by atoms with van der Waals surface area (Å²) >= 11 is 0. The summed E-state index contributed by atoms with van der Waals surface area (Å²) in [6.07, 6.45) is 5.96. The van der Waals surface area contributed by atoms with Crippen molar-refractivity contribution in [3.63, 3.8) is 0 Å². The molecule has 8 atom stereocenters. The third-order valence-electron chi connectivity index (χ3n) is 10.3. The first-order valence-corrected chi connectivity index (χ1v) is 17.3. The Hall–Kier alpha value is -4.48. The first-order chi connectivity index (χ1) is 23.6. The SMILES string of the molecule is CCN(CC)c1ccc(N2CC=C[C@@]34O[C@H]5/C=C\CCC(=O)N[C@@H](C)[C@H](c6ccccc6)OC(=O)[C@H]5[C@@H]3C(=O)N([C@H](C)CO)[C@H]4C2=O)cc1. The molecule has 1 spiro atoms. The predicted molar refractivity (Wildman–Crippen MR) is 185 cm³/mol. The Morgan fingerprint density at radius 2 is 1.71 bits per heavy atom. The maximum atomic E-state index is 14.8. The van der Waals surface area contributed by atoms with Crippen molar-refractivity contribution in [2.75, 3.05) is 36.0 Å². The Morgan fingerprint density at radius 3 is 2.39 bits per heavy atom. The second-order valence-electron chi connectivity index (χ2n) is 13.3. The number of nitrogens with zero attached hydrogens (tertiary/aromatic N) is 3. The normalized spacial score (nSPS) is 31.4. The number of carbonyl (C=O) groups excluding carboxylic acids is 4. The Balaban J connectivity index is 1.41. The minimum absolute atomic E-state index is 0.180. The van der Waals surface area contributed by atoms with Gasteiger partial charge >= 0.3 is 5.97 Å². The summed E-state index contributed by atoms with van der Waals surface area (Å²) < 4.78 is 13.0. The number of anilines is 2. The van der Waals surface area contributed by atoms with E-state index < -0.39 is 59.6 Å². The van der Waals surface area contributed by atoms with E-state index in [9.17, 15) is 24.3 Å². The van der Waals surface area contributed by atoms with Crippen molar-refractivity contribution < 1.29 is 33.8 Å². The molecule has 4 heterocycles. The molecule has 6 rings (SSSR count). The maximum absolute atomic E-state index is 14.8. The highest BCUT2D eigenvalue weighted by Crippen LogP contribution is 2.54. The van der Waals surface area contributed by atoms with E-state index in [1.54, 1.807) is 37.0 Å². The van der Waals surface area contributed by atoms with Crippen LogP contribution in [-0.2, 0) is 28.7 Å². The lowest BCUT2D eigenvalue weighted by Crippen LogP contribution is -2.57. The lowest BCUT2D eigenvalue weighted by atomic mass is 9.77. The van der Waals surface area contributed by atoms with Crippen LogP contribution in [0.15, 0.2) is 78.9 Å². The van der Waals surface area contributed by atoms with Crippen LogP contribution in [0.5, 0.6) is 0 Å². The van der Waals surface area contributed by atoms with Gasteiger partial charge in [-0.05, 0) is 63.9 Å². The van der Waals surface area contributed by atoms with Crippen LogP contribution < -0.4 is 15.1 Å². The van der Waals surface area contributed by atoms with Crippen molar-refractivity contribution in [2.45, 2.75) is 76.5 Å². The molecule has 11 heteroatoms. The number of fused-ring (bicyclic) bond motifs is 2.